The molecule has 1 aromatic carbocycles. The van der Waals surface area contributed by atoms with Crippen LogP contribution in [0.5, 0.6) is 5.75 Å². The highest BCUT2D eigenvalue weighted by molar-refractivity contribution is 6.32. The first-order valence-corrected chi connectivity index (χ1v) is 7.57. The van der Waals surface area contributed by atoms with Gasteiger partial charge in [0.05, 0.1) is 29.3 Å². The number of aromatic nitrogens is 2. The quantitative estimate of drug-likeness (QED) is 0.778. The average molecular weight is 350 g/mol. The summed E-state index contributed by atoms with van der Waals surface area (Å²) in [5.74, 6) is 0.377. The van der Waals surface area contributed by atoms with Crippen LogP contribution >= 0.6 is 23.2 Å². The van der Waals surface area contributed by atoms with Gasteiger partial charge in [0.15, 0.2) is 0 Å². The van der Waals surface area contributed by atoms with Crippen molar-refractivity contribution in [3.8, 4) is 5.75 Å². The molecule has 3 aromatic rings. The Balaban J connectivity index is 1.71. The first kappa shape index (κ1) is 15.6. The van der Waals surface area contributed by atoms with Gasteiger partial charge in [0.2, 0.25) is 5.91 Å². The van der Waals surface area contributed by atoms with Gasteiger partial charge in [0, 0.05) is 18.1 Å². The van der Waals surface area contributed by atoms with E-state index in [4.69, 9.17) is 27.9 Å². The predicted molar refractivity (Wildman–Crippen MR) is 90.5 cm³/mol. The van der Waals surface area contributed by atoms with Crippen molar-refractivity contribution < 1.29 is 9.53 Å². The second kappa shape index (κ2) is 6.48. The standard InChI is InChI=1S/C16H13Cl2N3O2/c1-23-14-4-3-11(6-13(14)18)20-16(22)7-12-9-21-8-10(17)2-5-15(21)19-12/h2-6,8-9H,7H2,1H3,(H,20,22). The molecule has 0 atom stereocenters. The number of methoxy groups -OCH3 is 1. The van der Waals surface area contributed by atoms with Crippen molar-refractivity contribution in [2.75, 3.05) is 12.4 Å². The molecule has 0 aliphatic heterocycles. The number of anilines is 1. The van der Waals surface area contributed by atoms with Crippen LogP contribution in [-0.2, 0) is 11.2 Å². The summed E-state index contributed by atoms with van der Waals surface area (Å²) in [6.07, 6.45) is 3.68. The Kier molecular flexibility index (Phi) is 4.41. The number of imidazole rings is 1. The van der Waals surface area contributed by atoms with Gasteiger partial charge < -0.3 is 14.5 Å². The smallest absolute Gasteiger partial charge is 0.230 e. The third kappa shape index (κ3) is 3.57. The van der Waals surface area contributed by atoms with Crippen LogP contribution < -0.4 is 10.1 Å². The molecule has 5 nitrogen and oxygen atoms in total. The van der Waals surface area contributed by atoms with Crippen LogP contribution in [0, 0.1) is 0 Å². The van der Waals surface area contributed by atoms with E-state index in [1.807, 2.05) is 0 Å². The molecule has 0 spiro atoms. The lowest BCUT2D eigenvalue weighted by atomic mass is 10.2. The number of carbonyl (C=O) groups is 1. The number of fused-ring (bicyclic) bond motifs is 1. The first-order chi connectivity index (χ1) is 11.0. The summed E-state index contributed by atoms with van der Waals surface area (Å²) in [5.41, 5.74) is 2.00. The molecular weight excluding hydrogens is 337 g/mol. The number of amides is 1. The summed E-state index contributed by atoms with van der Waals surface area (Å²) in [4.78, 5) is 16.5. The van der Waals surface area contributed by atoms with Crippen molar-refractivity contribution in [2.45, 2.75) is 6.42 Å². The van der Waals surface area contributed by atoms with E-state index in [1.54, 1.807) is 47.1 Å². The Morgan fingerprint density at radius 1 is 1.26 bits per heavy atom. The minimum Gasteiger partial charge on any atom is -0.495 e. The summed E-state index contributed by atoms with van der Waals surface area (Å²) in [7, 11) is 1.54. The largest absolute Gasteiger partial charge is 0.495 e. The van der Waals surface area contributed by atoms with E-state index in [1.165, 1.54) is 7.11 Å². The van der Waals surface area contributed by atoms with Gasteiger partial charge in [0.1, 0.15) is 11.4 Å². The SMILES string of the molecule is COc1ccc(NC(=O)Cc2cn3cc(Cl)ccc3n2)cc1Cl. The van der Waals surface area contributed by atoms with Crippen LogP contribution in [0.25, 0.3) is 5.65 Å². The zero-order valence-electron chi connectivity index (χ0n) is 12.2. The van der Waals surface area contributed by atoms with Gasteiger partial charge in [0.25, 0.3) is 0 Å². The van der Waals surface area contributed by atoms with E-state index in [0.29, 0.717) is 27.2 Å². The minimum absolute atomic E-state index is 0.156. The van der Waals surface area contributed by atoms with Crippen LogP contribution in [0.1, 0.15) is 5.69 Å². The summed E-state index contributed by atoms with van der Waals surface area (Å²) < 4.78 is 6.86. The number of ether oxygens (including phenoxy) is 1. The summed E-state index contributed by atoms with van der Waals surface area (Å²) in [5, 5.41) is 3.83. The second-order valence-corrected chi connectivity index (χ2v) is 5.76. The van der Waals surface area contributed by atoms with Crippen LogP contribution in [-0.4, -0.2) is 22.4 Å². The number of pyridine rings is 1. The topological polar surface area (TPSA) is 55.6 Å². The summed E-state index contributed by atoms with van der Waals surface area (Å²) in [6, 6.07) is 8.62. The number of hydrogen-bond donors (Lipinski definition) is 1. The Bertz CT molecular complexity index is 877. The summed E-state index contributed by atoms with van der Waals surface area (Å²) in [6.45, 7) is 0. The number of nitrogens with zero attached hydrogens (tertiary/aromatic N) is 2. The van der Waals surface area contributed by atoms with Crippen LogP contribution in [0.15, 0.2) is 42.7 Å². The first-order valence-electron chi connectivity index (χ1n) is 6.81. The number of halogens is 2. The van der Waals surface area contributed by atoms with Crippen molar-refractivity contribution in [3.05, 3.63) is 58.5 Å². The Morgan fingerprint density at radius 3 is 2.83 bits per heavy atom. The molecule has 1 amide bonds. The lowest BCUT2D eigenvalue weighted by Gasteiger charge is -2.07. The van der Waals surface area contributed by atoms with Crippen LogP contribution in [0.2, 0.25) is 10.0 Å². The van der Waals surface area contributed by atoms with Crippen LogP contribution in [0.4, 0.5) is 5.69 Å². The lowest BCUT2D eigenvalue weighted by molar-refractivity contribution is -0.115. The molecule has 7 heteroatoms. The van der Waals surface area contributed by atoms with E-state index in [-0.39, 0.29) is 12.3 Å². The Labute approximate surface area is 142 Å². The third-order valence-electron chi connectivity index (χ3n) is 3.24. The molecular formula is C16H13Cl2N3O2. The van der Waals surface area contributed by atoms with Gasteiger partial charge in [-0.05, 0) is 30.3 Å². The summed E-state index contributed by atoms with van der Waals surface area (Å²) >= 11 is 12.0. The molecule has 2 heterocycles. The van der Waals surface area contributed by atoms with E-state index in [2.05, 4.69) is 10.3 Å². The molecule has 0 bridgehead atoms. The molecule has 1 N–H and O–H groups in total. The van der Waals surface area contributed by atoms with Crippen molar-refractivity contribution in [3.63, 3.8) is 0 Å². The molecule has 118 valence electrons. The van der Waals surface area contributed by atoms with Crippen molar-refractivity contribution in [2.24, 2.45) is 0 Å². The average Bonchev–Trinajstić information content (AvgIpc) is 2.88. The monoisotopic (exact) mass is 349 g/mol. The third-order valence-corrected chi connectivity index (χ3v) is 3.76. The van der Waals surface area contributed by atoms with Crippen molar-refractivity contribution in [1.82, 2.24) is 9.38 Å². The maximum absolute atomic E-state index is 12.1. The zero-order valence-corrected chi connectivity index (χ0v) is 13.7. The van der Waals surface area contributed by atoms with Crippen LogP contribution in [0.3, 0.4) is 0 Å². The highest BCUT2D eigenvalue weighted by Gasteiger charge is 2.09. The maximum atomic E-state index is 12.1. The normalized spacial score (nSPS) is 10.7. The molecule has 0 aliphatic carbocycles. The minimum atomic E-state index is -0.180. The van der Waals surface area contributed by atoms with Gasteiger partial charge in [-0.2, -0.15) is 0 Å². The Hall–Kier alpha value is -2.24. The molecule has 23 heavy (non-hydrogen) atoms. The maximum Gasteiger partial charge on any atom is 0.230 e. The number of rotatable bonds is 4. The highest BCUT2D eigenvalue weighted by atomic mass is 35.5. The Morgan fingerprint density at radius 2 is 2.09 bits per heavy atom. The molecule has 0 radical (unpaired) electrons. The zero-order chi connectivity index (χ0) is 16.4. The molecule has 0 fully saturated rings. The van der Waals surface area contributed by atoms with E-state index in [9.17, 15) is 4.79 Å². The molecule has 2 aromatic heterocycles. The number of nitrogens with one attached hydrogen (secondary N) is 1. The predicted octanol–water partition coefficient (Wildman–Crippen LogP) is 3.83. The van der Waals surface area contributed by atoms with Gasteiger partial charge in [-0.1, -0.05) is 23.2 Å². The van der Waals surface area contributed by atoms with E-state index in [0.717, 1.165) is 5.65 Å². The number of benzene rings is 1. The molecule has 0 aliphatic rings. The molecule has 0 saturated carbocycles. The fourth-order valence-electron chi connectivity index (χ4n) is 2.22. The van der Waals surface area contributed by atoms with Crippen molar-refractivity contribution in [1.29, 1.82) is 0 Å². The molecule has 3 rings (SSSR count). The fraction of sp³-hybridized carbons (Fsp3) is 0.125. The van der Waals surface area contributed by atoms with Crippen molar-refractivity contribution >= 4 is 40.4 Å². The molecule has 0 saturated heterocycles. The van der Waals surface area contributed by atoms with E-state index < -0.39 is 0 Å². The van der Waals surface area contributed by atoms with Gasteiger partial charge >= 0.3 is 0 Å². The fourth-order valence-corrected chi connectivity index (χ4v) is 2.64. The number of carbonyl (C=O) groups excluding carboxylic acids is 1. The van der Waals surface area contributed by atoms with Gasteiger partial charge in [-0.15, -0.1) is 0 Å². The van der Waals surface area contributed by atoms with Gasteiger partial charge in [-0.25, -0.2) is 4.98 Å². The lowest BCUT2D eigenvalue weighted by Crippen LogP contribution is -2.14. The second-order valence-electron chi connectivity index (χ2n) is 4.92. The van der Waals surface area contributed by atoms with E-state index >= 15 is 0 Å². The highest BCUT2D eigenvalue weighted by Crippen LogP contribution is 2.27. The number of hydrogen-bond acceptors (Lipinski definition) is 3. The molecule has 0 unspecified atom stereocenters. The van der Waals surface area contributed by atoms with Gasteiger partial charge in [-0.3, -0.25) is 4.79 Å².